The summed E-state index contributed by atoms with van der Waals surface area (Å²) in [5, 5.41) is 17.6. The van der Waals surface area contributed by atoms with Crippen molar-refractivity contribution in [3.63, 3.8) is 0 Å². The molecule has 0 bridgehead atoms. The van der Waals surface area contributed by atoms with E-state index in [2.05, 4.69) is 26.2 Å². The van der Waals surface area contributed by atoms with E-state index < -0.39 is 0 Å². The Bertz CT molecular complexity index is 848. The van der Waals surface area contributed by atoms with Gasteiger partial charge in [0.05, 0.1) is 19.3 Å². The van der Waals surface area contributed by atoms with Gasteiger partial charge in [0.15, 0.2) is 5.82 Å². The maximum atomic E-state index is 12.0. The molecule has 128 valence electrons. The van der Waals surface area contributed by atoms with Crippen molar-refractivity contribution in [2.45, 2.75) is 6.54 Å². The predicted octanol–water partition coefficient (Wildman–Crippen LogP) is 2.65. The van der Waals surface area contributed by atoms with Crippen LogP contribution < -0.4 is 15.4 Å². The van der Waals surface area contributed by atoms with Gasteiger partial charge in [0.1, 0.15) is 5.75 Å². The smallest absolute Gasteiger partial charge is 0.319 e. The van der Waals surface area contributed by atoms with Crippen LogP contribution >= 0.6 is 11.6 Å². The van der Waals surface area contributed by atoms with Crippen LogP contribution in [-0.2, 0) is 6.54 Å². The normalized spacial score (nSPS) is 10.3. The highest BCUT2D eigenvalue weighted by Gasteiger charge is 2.10. The van der Waals surface area contributed by atoms with E-state index in [1.165, 1.54) is 0 Å². The van der Waals surface area contributed by atoms with Crippen molar-refractivity contribution in [3.05, 3.63) is 59.4 Å². The number of nitrogens with zero attached hydrogens (tertiary/aromatic N) is 4. The molecule has 3 aromatic rings. The Morgan fingerprint density at radius 1 is 1.16 bits per heavy atom. The number of anilines is 1. The van der Waals surface area contributed by atoms with E-state index in [-0.39, 0.29) is 12.6 Å². The lowest BCUT2D eigenvalue weighted by Crippen LogP contribution is -2.29. The van der Waals surface area contributed by atoms with E-state index in [9.17, 15) is 4.79 Å². The summed E-state index contributed by atoms with van der Waals surface area (Å²) in [6.07, 6.45) is 0. The van der Waals surface area contributed by atoms with Crippen LogP contribution in [0.4, 0.5) is 10.5 Å². The molecule has 0 fully saturated rings. The fourth-order valence-corrected chi connectivity index (χ4v) is 2.23. The highest BCUT2D eigenvalue weighted by atomic mass is 35.5. The number of nitrogens with one attached hydrogen (secondary N) is 2. The van der Waals surface area contributed by atoms with Gasteiger partial charge in [-0.05, 0) is 59.0 Å². The number of urea groups is 1. The van der Waals surface area contributed by atoms with Crippen molar-refractivity contribution < 1.29 is 9.53 Å². The summed E-state index contributed by atoms with van der Waals surface area (Å²) < 4.78 is 6.67. The summed E-state index contributed by atoms with van der Waals surface area (Å²) in [5.41, 5.74) is 1.40. The third-order valence-corrected chi connectivity index (χ3v) is 3.61. The first-order valence-electron chi connectivity index (χ1n) is 7.38. The van der Waals surface area contributed by atoms with Crippen molar-refractivity contribution in [1.82, 2.24) is 25.5 Å². The second-order valence-electron chi connectivity index (χ2n) is 5.02. The van der Waals surface area contributed by atoms with E-state index in [1.54, 1.807) is 36.1 Å². The fourth-order valence-electron chi connectivity index (χ4n) is 2.11. The number of amides is 2. The van der Waals surface area contributed by atoms with Crippen LogP contribution in [0, 0.1) is 0 Å². The first-order valence-corrected chi connectivity index (χ1v) is 7.75. The number of carbonyl (C=O) groups excluding carboxylic acids is 1. The molecule has 2 N–H and O–H groups in total. The monoisotopic (exact) mass is 358 g/mol. The SMILES string of the molecule is COc1ccc(-n2nnnc2CNC(=O)Nc2ccc(Cl)cc2)cc1. The minimum Gasteiger partial charge on any atom is -0.497 e. The lowest BCUT2D eigenvalue weighted by atomic mass is 10.3. The zero-order valence-corrected chi connectivity index (χ0v) is 14.1. The van der Waals surface area contributed by atoms with E-state index in [1.807, 2.05) is 24.3 Å². The molecule has 0 aliphatic rings. The van der Waals surface area contributed by atoms with Gasteiger partial charge in [-0.3, -0.25) is 0 Å². The third-order valence-electron chi connectivity index (χ3n) is 3.36. The first-order chi connectivity index (χ1) is 12.2. The molecule has 25 heavy (non-hydrogen) atoms. The number of tetrazole rings is 1. The van der Waals surface area contributed by atoms with Gasteiger partial charge < -0.3 is 15.4 Å². The second kappa shape index (κ2) is 7.63. The molecule has 0 spiro atoms. The minimum absolute atomic E-state index is 0.165. The maximum Gasteiger partial charge on any atom is 0.319 e. The number of carbonyl (C=O) groups is 1. The number of halogens is 1. The Morgan fingerprint density at radius 2 is 1.88 bits per heavy atom. The van der Waals surface area contributed by atoms with Crippen molar-refractivity contribution in [3.8, 4) is 11.4 Å². The van der Waals surface area contributed by atoms with Gasteiger partial charge in [0.2, 0.25) is 0 Å². The molecule has 1 heterocycles. The summed E-state index contributed by atoms with van der Waals surface area (Å²) in [7, 11) is 1.60. The lowest BCUT2D eigenvalue weighted by Gasteiger charge is -2.08. The quantitative estimate of drug-likeness (QED) is 0.731. The van der Waals surface area contributed by atoms with Gasteiger partial charge in [0, 0.05) is 10.7 Å². The molecule has 3 rings (SSSR count). The Kier molecular flexibility index (Phi) is 5.10. The second-order valence-corrected chi connectivity index (χ2v) is 5.46. The third kappa shape index (κ3) is 4.24. The summed E-state index contributed by atoms with van der Waals surface area (Å²) in [4.78, 5) is 12.0. The molecular weight excluding hydrogens is 344 g/mol. The topological polar surface area (TPSA) is 94.0 Å². The molecule has 2 aromatic carbocycles. The molecule has 8 nitrogen and oxygen atoms in total. The molecule has 0 saturated carbocycles. The van der Waals surface area contributed by atoms with Gasteiger partial charge in [-0.15, -0.1) is 5.10 Å². The van der Waals surface area contributed by atoms with Gasteiger partial charge >= 0.3 is 6.03 Å². The zero-order valence-electron chi connectivity index (χ0n) is 13.3. The van der Waals surface area contributed by atoms with E-state index >= 15 is 0 Å². The Balaban J connectivity index is 1.62. The molecule has 1 aromatic heterocycles. The van der Waals surface area contributed by atoms with Crippen LogP contribution in [0.5, 0.6) is 5.75 Å². The van der Waals surface area contributed by atoms with E-state index in [0.717, 1.165) is 11.4 Å². The highest BCUT2D eigenvalue weighted by Crippen LogP contribution is 2.15. The summed E-state index contributed by atoms with van der Waals surface area (Å²) in [6.45, 7) is 0.165. The molecule has 0 aliphatic heterocycles. The van der Waals surface area contributed by atoms with Crippen molar-refractivity contribution in [2.24, 2.45) is 0 Å². The largest absolute Gasteiger partial charge is 0.497 e. The van der Waals surface area contributed by atoms with E-state index in [4.69, 9.17) is 16.3 Å². The Morgan fingerprint density at radius 3 is 2.56 bits per heavy atom. The fraction of sp³-hybridized carbons (Fsp3) is 0.125. The summed E-state index contributed by atoms with van der Waals surface area (Å²) in [5.74, 6) is 1.23. The van der Waals surface area contributed by atoms with Crippen molar-refractivity contribution in [1.29, 1.82) is 0 Å². The number of methoxy groups -OCH3 is 1. The Hall–Kier alpha value is -3.13. The highest BCUT2D eigenvalue weighted by molar-refractivity contribution is 6.30. The van der Waals surface area contributed by atoms with Gasteiger partial charge in [-0.1, -0.05) is 11.6 Å². The van der Waals surface area contributed by atoms with Crippen LogP contribution in [-0.4, -0.2) is 33.3 Å². The molecule has 0 saturated heterocycles. The van der Waals surface area contributed by atoms with Crippen molar-refractivity contribution >= 4 is 23.3 Å². The Labute approximate surface area is 148 Å². The average molecular weight is 359 g/mol. The standard InChI is InChI=1S/C16H15ClN6O2/c1-25-14-8-6-13(7-9-14)23-15(20-21-22-23)10-18-16(24)19-12-4-2-11(17)3-5-12/h2-9H,10H2,1H3,(H2,18,19,24). The lowest BCUT2D eigenvalue weighted by molar-refractivity contribution is 0.251. The van der Waals surface area contributed by atoms with Gasteiger partial charge in [-0.2, -0.15) is 4.68 Å². The molecule has 9 heteroatoms. The van der Waals surface area contributed by atoms with Crippen LogP contribution in [0.2, 0.25) is 5.02 Å². The zero-order chi connectivity index (χ0) is 17.6. The molecule has 0 atom stereocenters. The van der Waals surface area contributed by atoms with Crippen molar-refractivity contribution in [2.75, 3.05) is 12.4 Å². The number of benzene rings is 2. The van der Waals surface area contributed by atoms with Crippen LogP contribution in [0.25, 0.3) is 5.69 Å². The number of hydrogen-bond acceptors (Lipinski definition) is 5. The van der Waals surface area contributed by atoms with Crippen LogP contribution in [0.3, 0.4) is 0 Å². The van der Waals surface area contributed by atoms with Crippen LogP contribution in [0.15, 0.2) is 48.5 Å². The number of aromatic nitrogens is 4. The molecular formula is C16H15ClN6O2. The van der Waals surface area contributed by atoms with Gasteiger partial charge in [0.25, 0.3) is 0 Å². The molecule has 2 amide bonds. The predicted molar refractivity (Wildman–Crippen MR) is 93.0 cm³/mol. The molecule has 0 unspecified atom stereocenters. The summed E-state index contributed by atoms with van der Waals surface area (Å²) >= 11 is 5.81. The average Bonchev–Trinajstić information content (AvgIpc) is 3.10. The number of hydrogen-bond donors (Lipinski definition) is 2. The molecule has 0 radical (unpaired) electrons. The van der Waals surface area contributed by atoms with Crippen LogP contribution in [0.1, 0.15) is 5.82 Å². The number of rotatable bonds is 5. The van der Waals surface area contributed by atoms with E-state index in [0.29, 0.717) is 16.5 Å². The molecule has 0 aliphatic carbocycles. The van der Waals surface area contributed by atoms with Gasteiger partial charge in [-0.25, -0.2) is 4.79 Å². The maximum absolute atomic E-state index is 12.0. The summed E-state index contributed by atoms with van der Waals surface area (Å²) in [6, 6.07) is 13.7. The first kappa shape index (κ1) is 16.7. The number of ether oxygens (including phenoxy) is 1. The minimum atomic E-state index is -0.369.